The Bertz CT molecular complexity index is 450. The van der Waals surface area contributed by atoms with Crippen LogP contribution in [0.2, 0.25) is 0 Å². The fourth-order valence-electron chi connectivity index (χ4n) is 1.26. The predicted molar refractivity (Wildman–Crippen MR) is 60.3 cm³/mol. The van der Waals surface area contributed by atoms with Crippen LogP contribution in [0.15, 0.2) is 22.4 Å². The number of alkyl halides is 1. The van der Waals surface area contributed by atoms with Crippen LogP contribution in [-0.4, -0.2) is 5.11 Å². The number of halogens is 1. The van der Waals surface area contributed by atoms with Gasteiger partial charge in [-0.2, -0.15) is 0 Å². The molecule has 0 aliphatic heterocycles. The van der Waals surface area contributed by atoms with E-state index in [4.69, 9.17) is 11.6 Å². The number of rotatable bonds is 1. The van der Waals surface area contributed by atoms with E-state index >= 15 is 0 Å². The van der Waals surface area contributed by atoms with Crippen LogP contribution < -0.4 is 0 Å². The van der Waals surface area contributed by atoms with Gasteiger partial charge >= 0.3 is 0 Å². The van der Waals surface area contributed by atoms with Crippen LogP contribution >= 0.6 is 35.6 Å². The van der Waals surface area contributed by atoms with Crippen LogP contribution in [0.3, 0.4) is 0 Å². The number of phenolic OH excluding ortho intramolecular Hbond substituents is 1. The molecule has 13 heavy (non-hydrogen) atoms. The molecular formula is C9H7ClOS2. The molecule has 1 heterocycles. The third-order valence-electron chi connectivity index (χ3n) is 1.95. The van der Waals surface area contributed by atoms with Crippen molar-refractivity contribution in [1.29, 1.82) is 0 Å². The van der Waals surface area contributed by atoms with Gasteiger partial charge in [0.15, 0.2) is 0 Å². The SMILES string of the molecule is Oc1cc2sccc2c(S)c1CCl. The minimum Gasteiger partial charge on any atom is -0.508 e. The summed E-state index contributed by atoms with van der Waals surface area (Å²) in [6.07, 6.45) is 0. The molecule has 1 nitrogen and oxygen atoms in total. The van der Waals surface area contributed by atoms with Crippen LogP contribution in [0.1, 0.15) is 5.56 Å². The molecule has 0 saturated heterocycles. The lowest BCUT2D eigenvalue weighted by molar-refractivity contribution is 0.470. The number of benzene rings is 1. The molecule has 68 valence electrons. The maximum absolute atomic E-state index is 9.58. The number of hydrogen-bond acceptors (Lipinski definition) is 3. The summed E-state index contributed by atoms with van der Waals surface area (Å²) in [4.78, 5) is 0.784. The van der Waals surface area contributed by atoms with Crippen LogP contribution in [0, 0.1) is 0 Å². The van der Waals surface area contributed by atoms with Gasteiger partial charge in [-0.1, -0.05) is 0 Å². The van der Waals surface area contributed by atoms with E-state index in [1.54, 1.807) is 17.4 Å². The van der Waals surface area contributed by atoms with E-state index in [1.807, 2.05) is 11.4 Å². The van der Waals surface area contributed by atoms with E-state index < -0.39 is 0 Å². The summed E-state index contributed by atoms with van der Waals surface area (Å²) in [5, 5.41) is 12.6. The molecule has 1 N–H and O–H groups in total. The van der Waals surface area contributed by atoms with Crippen molar-refractivity contribution >= 4 is 45.7 Å². The highest BCUT2D eigenvalue weighted by Gasteiger charge is 2.09. The molecule has 0 bridgehead atoms. The van der Waals surface area contributed by atoms with Crippen LogP contribution in [0.4, 0.5) is 0 Å². The molecule has 0 atom stereocenters. The highest BCUT2D eigenvalue weighted by Crippen LogP contribution is 2.36. The number of thiol groups is 1. The molecule has 0 aliphatic rings. The second kappa shape index (κ2) is 3.40. The van der Waals surface area contributed by atoms with Gasteiger partial charge in [0.1, 0.15) is 5.75 Å². The Kier molecular flexibility index (Phi) is 2.41. The highest BCUT2D eigenvalue weighted by molar-refractivity contribution is 7.80. The Morgan fingerprint density at radius 3 is 3.00 bits per heavy atom. The molecule has 1 aromatic heterocycles. The molecule has 0 radical (unpaired) electrons. The van der Waals surface area contributed by atoms with Crippen molar-refractivity contribution in [1.82, 2.24) is 0 Å². The van der Waals surface area contributed by atoms with Crippen molar-refractivity contribution in [2.75, 3.05) is 0 Å². The molecule has 1 aromatic carbocycles. The van der Waals surface area contributed by atoms with Gasteiger partial charge in [-0.25, -0.2) is 0 Å². The van der Waals surface area contributed by atoms with Gasteiger partial charge in [0.2, 0.25) is 0 Å². The summed E-state index contributed by atoms with van der Waals surface area (Å²) in [5.74, 6) is 0.520. The molecular weight excluding hydrogens is 224 g/mol. The Morgan fingerprint density at radius 1 is 1.54 bits per heavy atom. The summed E-state index contributed by atoms with van der Waals surface area (Å²) in [5.41, 5.74) is 0.705. The van der Waals surface area contributed by atoms with Gasteiger partial charge in [0.05, 0.1) is 5.88 Å². The van der Waals surface area contributed by atoms with Gasteiger partial charge in [-0.15, -0.1) is 35.6 Å². The van der Waals surface area contributed by atoms with Gasteiger partial charge < -0.3 is 5.11 Å². The molecule has 0 amide bonds. The van der Waals surface area contributed by atoms with Crippen molar-refractivity contribution in [3.8, 4) is 5.75 Å². The first-order valence-electron chi connectivity index (χ1n) is 3.71. The van der Waals surface area contributed by atoms with Crippen molar-refractivity contribution in [2.45, 2.75) is 10.8 Å². The number of aromatic hydroxyl groups is 1. The lowest BCUT2D eigenvalue weighted by atomic mass is 10.1. The van der Waals surface area contributed by atoms with E-state index in [-0.39, 0.29) is 11.6 Å². The second-order valence-corrected chi connectivity index (χ2v) is 4.35. The fraction of sp³-hybridized carbons (Fsp3) is 0.111. The van der Waals surface area contributed by atoms with Crippen LogP contribution in [0.25, 0.3) is 10.1 Å². The first-order valence-corrected chi connectivity index (χ1v) is 5.57. The predicted octanol–water partition coefficient (Wildman–Crippen LogP) is 3.63. The topological polar surface area (TPSA) is 20.2 Å². The summed E-state index contributed by atoms with van der Waals surface area (Å²) in [6.45, 7) is 0. The van der Waals surface area contributed by atoms with Crippen molar-refractivity contribution in [3.63, 3.8) is 0 Å². The molecule has 4 heteroatoms. The average Bonchev–Trinajstić information content (AvgIpc) is 2.53. The Hall–Kier alpha value is -0.380. The zero-order valence-corrected chi connectivity index (χ0v) is 9.09. The van der Waals surface area contributed by atoms with Crippen molar-refractivity contribution in [3.05, 3.63) is 23.1 Å². The van der Waals surface area contributed by atoms with E-state index in [9.17, 15) is 5.11 Å². The first kappa shape index (κ1) is 9.19. The lowest BCUT2D eigenvalue weighted by Gasteiger charge is -2.05. The summed E-state index contributed by atoms with van der Waals surface area (Å²) < 4.78 is 1.04. The number of thiophene rings is 1. The monoisotopic (exact) mass is 230 g/mol. The number of hydrogen-bond donors (Lipinski definition) is 2. The summed E-state index contributed by atoms with van der Waals surface area (Å²) >= 11 is 11.6. The van der Waals surface area contributed by atoms with Crippen molar-refractivity contribution < 1.29 is 5.11 Å². The Morgan fingerprint density at radius 2 is 2.31 bits per heavy atom. The van der Waals surface area contributed by atoms with Gasteiger partial charge in [-0.05, 0) is 17.5 Å². The molecule has 2 aromatic rings. The van der Waals surface area contributed by atoms with Crippen molar-refractivity contribution in [2.24, 2.45) is 0 Å². The fourth-order valence-corrected chi connectivity index (χ4v) is 2.91. The van der Waals surface area contributed by atoms with E-state index in [1.165, 1.54) is 0 Å². The molecule has 0 unspecified atom stereocenters. The molecule has 0 aliphatic carbocycles. The minimum atomic E-state index is 0.231. The maximum atomic E-state index is 9.58. The minimum absolute atomic E-state index is 0.231. The maximum Gasteiger partial charge on any atom is 0.122 e. The summed E-state index contributed by atoms with van der Waals surface area (Å²) in [7, 11) is 0. The van der Waals surface area contributed by atoms with E-state index in [0.29, 0.717) is 5.56 Å². The smallest absolute Gasteiger partial charge is 0.122 e. The third-order valence-corrected chi connectivity index (χ3v) is 3.59. The second-order valence-electron chi connectivity index (χ2n) is 2.69. The quantitative estimate of drug-likeness (QED) is 0.566. The molecule has 0 saturated carbocycles. The third kappa shape index (κ3) is 1.41. The van der Waals surface area contributed by atoms with E-state index in [0.717, 1.165) is 15.0 Å². The molecule has 0 spiro atoms. The highest BCUT2D eigenvalue weighted by atomic mass is 35.5. The zero-order chi connectivity index (χ0) is 9.42. The van der Waals surface area contributed by atoms with E-state index in [2.05, 4.69) is 12.6 Å². The van der Waals surface area contributed by atoms with Gasteiger partial charge in [0.25, 0.3) is 0 Å². The lowest BCUT2D eigenvalue weighted by Crippen LogP contribution is -1.82. The largest absolute Gasteiger partial charge is 0.508 e. The first-order chi connectivity index (χ1) is 6.24. The molecule has 2 rings (SSSR count). The average molecular weight is 231 g/mol. The van der Waals surface area contributed by atoms with Crippen LogP contribution in [0.5, 0.6) is 5.75 Å². The number of phenols is 1. The Balaban J connectivity index is 2.85. The summed E-state index contributed by atoms with van der Waals surface area (Å²) in [6, 6.07) is 3.72. The Labute approximate surface area is 90.4 Å². The number of fused-ring (bicyclic) bond motifs is 1. The van der Waals surface area contributed by atoms with Gasteiger partial charge in [0, 0.05) is 20.5 Å². The zero-order valence-electron chi connectivity index (χ0n) is 6.62. The normalized spacial score (nSPS) is 10.9. The van der Waals surface area contributed by atoms with Crippen LogP contribution in [-0.2, 0) is 5.88 Å². The standard InChI is InChI=1S/C9H7ClOS2/c10-4-6-7(11)3-8-5(9(6)12)1-2-13-8/h1-3,11-12H,4H2. The molecule has 0 fully saturated rings. The van der Waals surface area contributed by atoms with Gasteiger partial charge in [-0.3, -0.25) is 0 Å².